The van der Waals surface area contributed by atoms with Crippen LogP contribution in [0.15, 0.2) is 53.3 Å². The summed E-state index contributed by atoms with van der Waals surface area (Å²) < 4.78 is 3.15. The number of aryl methyl sites for hydroxylation is 2. The topological polar surface area (TPSA) is 81.3 Å². The molecular formula is C19H17N5O2. The Morgan fingerprint density at radius 1 is 1.00 bits per heavy atom. The number of nitrogens with zero attached hydrogens (tertiary/aromatic N) is 4. The van der Waals surface area contributed by atoms with Crippen molar-refractivity contribution in [2.45, 2.75) is 20.4 Å². The lowest BCUT2D eigenvalue weighted by molar-refractivity contribution is -0.116. The summed E-state index contributed by atoms with van der Waals surface area (Å²) in [7, 11) is 0. The lowest BCUT2D eigenvalue weighted by atomic mass is 10.2. The van der Waals surface area contributed by atoms with Gasteiger partial charge in [-0.05, 0) is 38.1 Å². The van der Waals surface area contributed by atoms with Crippen molar-refractivity contribution in [3.8, 4) is 0 Å². The van der Waals surface area contributed by atoms with Crippen molar-refractivity contribution in [2.75, 3.05) is 5.32 Å². The van der Waals surface area contributed by atoms with Crippen LogP contribution in [0.5, 0.6) is 0 Å². The predicted octanol–water partition coefficient (Wildman–Crippen LogP) is 2.30. The number of hydrogen-bond acceptors (Lipinski definition) is 4. The minimum Gasteiger partial charge on any atom is -0.325 e. The molecular weight excluding hydrogens is 330 g/mol. The SMILES string of the molecule is Cc1ccc(NC(=O)Cn2c(=O)c3nnc(C)n3c3ccccc32)cc1. The van der Waals surface area contributed by atoms with Gasteiger partial charge in [0.2, 0.25) is 11.6 Å². The fourth-order valence-corrected chi connectivity index (χ4v) is 3.04. The molecule has 0 aliphatic rings. The van der Waals surface area contributed by atoms with Crippen molar-refractivity contribution in [3.63, 3.8) is 0 Å². The van der Waals surface area contributed by atoms with Gasteiger partial charge in [0.15, 0.2) is 0 Å². The van der Waals surface area contributed by atoms with E-state index in [0.29, 0.717) is 17.0 Å². The van der Waals surface area contributed by atoms with Gasteiger partial charge < -0.3 is 5.32 Å². The molecule has 7 nitrogen and oxygen atoms in total. The summed E-state index contributed by atoms with van der Waals surface area (Å²) >= 11 is 0. The van der Waals surface area contributed by atoms with E-state index in [0.717, 1.165) is 11.1 Å². The van der Waals surface area contributed by atoms with Gasteiger partial charge in [-0.15, -0.1) is 10.2 Å². The quantitative estimate of drug-likeness (QED) is 0.616. The highest BCUT2D eigenvalue weighted by Gasteiger charge is 2.16. The number of benzene rings is 2. The van der Waals surface area contributed by atoms with E-state index in [9.17, 15) is 9.59 Å². The zero-order chi connectivity index (χ0) is 18.3. The third-order valence-corrected chi connectivity index (χ3v) is 4.31. The first-order valence-electron chi connectivity index (χ1n) is 8.24. The molecule has 0 saturated carbocycles. The third kappa shape index (κ3) is 2.63. The highest BCUT2D eigenvalue weighted by molar-refractivity contribution is 5.91. The van der Waals surface area contributed by atoms with Crippen LogP contribution in [0.3, 0.4) is 0 Å². The standard InChI is InChI=1S/C19H17N5O2/c1-12-7-9-14(10-8-12)20-17(25)11-23-15-5-3-4-6-16(15)24-13(2)21-22-18(24)19(23)26/h3-10H,11H2,1-2H3,(H,20,25). The smallest absolute Gasteiger partial charge is 0.297 e. The number of fused-ring (bicyclic) bond motifs is 3. The lowest BCUT2D eigenvalue weighted by Crippen LogP contribution is -2.29. The largest absolute Gasteiger partial charge is 0.325 e. The average molecular weight is 347 g/mol. The van der Waals surface area contributed by atoms with Crippen LogP contribution >= 0.6 is 0 Å². The van der Waals surface area contributed by atoms with E-state index >= 15 is 0 Å². The number of amides is 1. The zero-order valence-electron chi connectivity index (χ0n) is 14.4. The average Bonchev–Trinajstić information content (AvgIpc) is 3.03. The Bertz CT molecular complexity index is 1190. The fourth-order valence-electron chi connectivity index (χ4n) is 3.04. The van der Waals surface area contributed by atoms with Crippen LogP contribution in [0, 0.1) is 13.8 Å². The summed E-state index contributed by atoms with van der Waals surface area (Å²) in [6.07, 6.45) is 0. The molecule has 130 valence electrons. The number of carbonyl (C=O) groups is 1. The molecule has 26 heavy (non-hydrogen) atoms. The first-order chi connectivity index (χ1) is 12.5. The van der Waals surface area contributed by atoms with E-state index < -0.39 is 0 Å². The molecule has 0 saturated heterocycles. The molecule has 0 unspecified atom stereocenters. The van der Waals surface area contributed by atoms with E-state index in [1.165, 1.54) is 4.57 Å². The maximum atomic E-state index is 12.8. The van der Waals surface area contributed by atoms with Crippen LogP contribution in [-0.4, -0.2) is 25.1 Å². The molecule has 4 aromatic rings. The number of anilines is 1. The summed E-state index contributed by atoms with van der Waals surface area (Å²) in [5.74, 6) is 0.353. The Balaban J connectivity index is 1.78. The van der Waals surface area contributed by atoms with Crippen LogP contribution in [-0.2, 0) is 11.3 Å². The number of carbonyl (C=O) groups excluding carboxylic acids is 1. The predicted molar refractivity (Wildman–Crippen MR) is 99.3 cm³/mol. The van der Waals surface area contributed by atoms with Gasteiger partial charge in [-0.1, -0.05) is 29.8 Å². The van der Waals surface area contributed by atoms with E-state index in [1.54, 1.807) is 11.3 Å². The summed E-state index contributed by atoms with van der Waals surface area (Å²) in [4.78, 5) is 25.3. The van der Waals surface area contributed by atoms with E-state index in [-0.39, 0.29) is 23.7 Å². The van der Waals surface area contributed by atoms with Gasteiger partial charge >= 0.3 is 0 Å². The van der Waals surface area contributed by atoms with Gasteiger partial charge in [-0.25, -0.2) is 0 Å². The van der Waals surface area contributed by atoms with Gasteiger partial charge in [-0.3, -0.25) is 18.6 Å². The van der Waals surface area contributed by atoms with E-state index in [2.05, 4.69) is 15.5 Å². The Morgan fingerprint density at radius 3 is 2.42 bits per heavy atom. The maximum Gasteiger partial charge on any atom is 0.297 e. The molecule has 2 heterocycles. The molecule has 0 aliphatic carbocycles. The second-order valence-corrected chi connectivity index (χ2v) is 6.20. The van der Waals surface area contributed by atoms with E-state index in [4.69, 9.17) is 0 Å². The van der Waals surface area contributed by atoms with Crippen molar-refractivity contribution < 1.29 is 4.79 Å². The molecule has 0 radical (unpaired) electrons. The number of rotatable bonds is 3. The Morgan fingerprint density at radius 2 is 1.69 bits per heavy atom. The van der Waals surface area contributed by atoms with Gasteiger partial charge in [0, 0.05) is 5.69 Å². The molecule has 0 fully saturated rings. The minimum absolute atomic E-state index is 0.102. The third-order valence-electron chi connectivity index (χ3n) is 4.31. The molecule has 2 aromatic heterocycles. The highest BCUT2D eigenvalue weighted by atomic mass is 16.2. The second kappa shape index (κ2) is 6.11. The summed E-state index contributed by atoms with van der Waals surface area (Å²) in [6, 6.07) is 14.9. The van der Waals surface area contributed by atoms with E-state index in [1.807, 2.05) is 55.5 Å². The molecule has 7 heteroatoms. The molecule has 0 atom stereocenters. The zero-order valence-corrected chi connectivity index (χ0v) is 14.4. The highest BCUT2D eigenvalue weighted by Crippen LogP contribution is 2.15. The monoisotopic (exact) mass is 347 g/mol. The number of aromatic nitrogens is 4. The molecule has 1 amide bonds. The van der Waals surface area contributed by atoms with Crippen molar-refractivity contribution in [3.05, 3.63) is 70.3 Å². The minimum atomic E-state index is -0.344. The first-order valence-corrected chi connectivity index (χ1v) is 8.24. The maximum absolute atomic E-state index is 12.8. The van der Waals surface area contributed by atoms with Crippen LogP contribution in [0.2, 0.25) is 0 Å². The van der Waals surface area contributed by atoms with Crippen LogP contribution in [0.25, 0.3) is 16.7 Å². The fraction of sp³-hybridized carbons (Fsp3) is 0.158. The van der Waals surface area contributed by atoms with Gasteiger partial charge in [0.1, 0.15) is 12.4 Å². The van der Waals surface area contributed by atoms with Gasteiger partial charge in [-0.2, -0.15) is 0 Å². The molecule has 0 spiro atoms. The van der Waals surface area contributed by atoms with Crippen LogP contribution in [0.1, 0.15) is 11.4 Å². The molecule has 1 N–H and O–H groups in total. The Labute approximate surface area is 148 Å². The summed E-state index contributed by atoms with van der Waals surface area (Å²) in [5, 5.41) is 10.8. The summed E-state index contributed by atoms with van der Waals surface area (Å²) in [5.41, 5.74) is 3.11. The lowest BCUT2D eigenvalue weighted by Gasteiger charge is -2.12. The molecule has 4 rings (SSSR count). The summed E-state index contributed by atoms with van der Waals surface area (Å²) in [6.45, 7) is 3.67. The number of para-hydroxylation sites is 2. The Kier molecular flexibility index (Phi) is 3.76. The number of nitrogens with one attached hydrogen (secondary N) is 1. The van der Waals surface area contributed by atoms with Crippen molar-refractivity contribution in [2.24, 2.45) is 0 Å². The molecule has 2 aromatic carbocycles. The second-order valence-electron chi connectivity index (χ2n) is 6.20. The van der Waals surface area contributed by atoms with Crippen molar-refractivity contribution in [1.82, 2.24) is 19.2 Å². The molecule has 0 aliphatic heterocycles. The number of hydrogen-bond donors (Lipinski definition) is 1. The van der Waals surface area contributed by atoms with Gasteiger partial charge in [0.25, 0.3) is 5.56 Å². The van der Waals surface area contributed by atoms with Crippen LogP contribution in [0.4, 0.5) is 5.69 Å². The first kappa shape index (κ1) is 16.0. The molecule has 0 bridgehead atoms. The normalized spacial score (nSPS) is 11.2. The van der Waals surface area contributed by atoms with Crippen molar-refractivity contribution in [1.29, 1.82) is 0 Å². The Hall–Kier alpha value is -3.48. The van der Waals surface area contributed by atoms with Crippen LogP contribution < -0.4 is 10.9 Å². The van der Waals surface area contributed by atoms with Gasteiger partial charge in [0.05, 0.1) is 11.0 Å². The van der Waals surface area contributed by atoms with Crippen molar-refractivity contribution >= 4 is 28.3 Å².